The van der Waals surface area contributed by atoms with Crippen LogP contribution in [0, 0.1) is 21.3 Å². The molecule has 0 aromatic rings. The molecule has 2 heteroatoms. The van der Waals surface area contributed by atoms with E-state index in [2.05, 4.69) is 13.8 Å². The van der Waals surface area contributed by atoms with Gasteiger partial charge in [0.05, 0.1) is 0 Å². The van der Waals surface area contributed by atoms with Crippen LogP contribution in [0.25, 0.3) is 0 Å². The SMILES string of the molecule is [CH2-]C[CH2-].[CH3-].[Y].[Y]. The van der Waals surface area contributed by atoms with Crippen LogP contribution in [0.4, 0.5) is 0 Å². The van der Waals surface area contributed by atoms with Crippen LogP contribution >= 0.6 is 0 Å². The van der Waals surface area contributed by atoms with E-state index in [1.165, 1.54) is 0 Å². The molecule has 34 valence electrons. The van der Waals surface area contributed by atoms with E-state index in [-0.39, 0.29) is 72.8 Å². The molecule has 0 spiro atoms. The third-order valence-electron chi connectivity index (χ3n) is 0. The van der Waals surface area contributed by atoms with Gasteiger partial charge in [-0.1, -0.05) is 0 Å². The van der Waals surface area contributed by atoms with Crippen molar-refractivity contribution in [3.05, 3.63) is 21.3 Å². The van der Waals surface area contributed by atoms with Crippen LogP contribution in [0.2, 0.25) is 0 Å². The molecule has 0 heterocycles. The second kappa shape index (κ2) is 27.0. The fraction of sp³-hybridized carbons (Fsp3) is 0.250. The molecule has 0 aromatic carbocycles. The standard InChI is InChI=1S/C3H6.CH3.2Y/c1-3-2;;;/h1-3H2;1H3;;/q-2;-1;;. The van der Waals surface area contributed by atoms with Gasteiger partial charge in [-0.2, -0.15) is 0 Å². The van der Waals surface area contributed by atoms with Crippen LogP contribution in [-0.4, -0.2) is 0 Å². The Morgan fingerprint density at radius 2 is 1.00 bits per heavy atom. The number of hydrogen-bond donors (Lipinski definition) is 0. The first-order chi connectivity index (χ1) is 1.41. The molecule has 0 nitrogen and oxygen atoms in total. The first kappa shape index (κ1) is 24.1. The fourth-order valence-electron chi connectivity index (χ4n) is 0. The van der Waals surface area contributed by atoms with Crippen molar-refractivity contribution in [1.29, 1.82) is 0 Å². The topological polar surface area (TPSA) is 0 Å². The van der Waals surface area contributed by atoms with Gasteiger partial charge in [0.15, 0.2) is 0 Å². The molecule has 0 saturated heterocycles. The zero-order chi connectivity index (χ0) is 2.71. The minimum Gasteiger partial charge on any atom is -0.372 e. The minimum absolute atomic E-state index is 0. The summed E-state index contributed by atoms with van der Waals surface area (Å²) in [5.74, 6) is 0. The van der Waals surface area contributed by atoms with Crippen LogP contribution in [0.1, 0.15) is 6.42 Å². The number of hydrogen-bond acceptors (Lipinski definition) is 0. The largest absolute Gasteiger partial charge is 0.372 e. The van der Waals surface area contributed by atoms with Crippen LogP contribution < -0.4 is 0 Å². The smallest absolute Gasteiger partial charge is 0 e. The Morgan fingerprint density at radius 1 is 1.00 bits per heavy atom. The second-order valence-electron chi connectivity index (χ2n) is 0.354. The van der Waals surface area contributed by atoms with Gasteiger partial charge in [-0.25, -0.2) is 0 Å². The zero-order valence-corrected chi connectivity index (χ0v) is 9.95. The van der Waals surface area contributed by atoms with Crippen molar-refractivity contribution in [2.75, 3.05) is 0 Å². The molecule has 0 aromatic heterocycles. The molecule has 0 aliphatic heterocycles. The Balaban J connectivity index is -0.00000000667. The Morgan fingerprint density at radius 3 is 1.00 bits per heavy atom. The second-order valence-corrected chi connectivity index (χ2v) is 0.354. The van der Waals surface area contributed by atoms with Crippen molar-refractivity contribution in [2.45, 2.75) is 6.42 Å². The molecule has 0 atom stereocenters. The first-order valence-corrected chi connectivity index (χ1v) is 1.000. The van der Waals surface area contributed by atoms with Crippen LogP contribution in [0.5, 0.6) is 0 Å². The van der Waals surface area contributed by atoms with Gasteiger partial charge in [0.1, 0.15) is 0 Å². The molecule has 0 bridgehead atoms. The van der Waals surface area contributed by atoms with E-state index in [9.17, 15) is 0 Å². The van der Waals surface area contributed by atoms with Crippen LogP contribution in [0.3, 0.4) is 0 Å². The summed E-state index contributed by atoms with van der Waals surface area (Å²) in [6.45, 7) is 6.75. The Bertz CT molecular complexity index is 5.51. The predicted molar refractivity (Wildman–Crippen MR) is 21.7 cm³/mol. The molecular weight excluding hydrogens is 226 g/mol. The molecule has 0 unspecified atom stereocenters. The number of rotatable bonds is 0. The maximum Gasteiger partial charge on any atom is 0 e. The molecule has 6 heavy (non-hydrogen) atoms. The Labute approximate surface area is 91.6 Å². The zero-order valence-electron chi connectivity index (χ0n) is 4.28. The molecular formula is C4H9Y2-3. The summed E-state index contributed by atoms with van der Waals surface area (Å²) >= 11 is 0. The Hall–Kier alpha value is 2.21. The van der Waals surface area contributed by atoms with Gasteiger partial charge in [0.25, 0.3) is 0 Å². The maximum atomic E-state index is 3.38. The van der Waals surface area contributed by atoms with E-state index in [0.717, 1.165) is 6.42 Å². The molecule has 2 radical (unpaired) electrons. The molecule has 0 saturated carbocycles. The molecule has 0 aliphatic rings. The van der Waals surface area contributed by atoms with Gasteiger partial charge < -0.3 is 27.7 Å². The molecule has 0 rings (SSSR count). The van der Waals surface area contributed by atoms with Gasteiger partial charge in [-0.05, 0) is 0 Å². The van der Waals surface area contributed by atoms with Crippen molar-refractivity contribution >= 4 is 0 Å². The average molecular weight is 235 g/mol. The van der Waals surface area contributed by atoms with E-state index in [1.807, 2.05) is 0 Å². The van der Waals surface area contributed by atoms with Gasteiger partial charge in [-0.15, -0.1) is 0 Å². The maximum absolute atomic E-state index is 3.38. The normalized spacial score (nSPS) is 3.00. The fourth-order valence-corrected chi connectivity index (χ4v) is 0. The van der Waals surface area contributed by atoms with Crippen molar-refractivity contribution < 1.29 is 65.4 Å². The van der Waals surface area contributed by atoms with Crippen LogP contribution in [0.15, 0.2) is 0 Å². The minimum atomic E-state index is 0. The van der Waals surface area contributed by atoms with E-state index >= 15 is 0 Å². The van der Waals surface area contributed by atoms with Crippen molar-refractivity contribution in [2.24, 2.45) is 0 Å². The van der Waals surface area contributed by atoms with E-state index < -0.39 is 0 Å². The van der Waals surface area contributed by atoms with E-state index in [4.69, 9.17) is 0 Å². The van der Waals surface area contributed by atoms with E-state index in [0.29, 0.717) is 0 Å². The molecule has 0 N–H and O–H groups in total. The summed E-state index contributed by atoms with van der Waals surface area (Å²) in [7, 11) is 0. The average Bonchev–Trinajstić information content (AvgIpc) is 0.918. The van der Waals surface area contributed by atoms with Gasteiger partial charge >= 0.3 is 0 Å². The Kier molecular flexibility index (Phi) is 108. The van der Waals surface area contributed by atoms with Crippen LogP contribution in [-0.2, 0) is 65.4 Å². The molecule has 0 aliphatic carbocycles. The van der Waals surface area contributed by atoms with Crippen molar-refractivity contribution in [3.63, 3.8) is 0 Å². The predicted octanol–water partition coefficient (Wildman–Crippen LogP) is 1.49. The van der Waals surface area contributed by atoms with Gasteiger partial charge in [0, 0.05) is 65.4 Å². The molecule has 0 fully saturated rings. The van der Waals surface area contributed by atoms with E-state index in [1.54, 1.807) is 0 Å². The summed E-state index contributed by atoms with van der Waals surface area (Å²) in [5, 5.41) is 0. The summed E-state index contributed by atoms with van der Waals surface area (Å²) in [6.07, 6.45) is 0.750. The van der Waals surface area contributed by atoms with Gasteiger partial charge in [-0.3, -0.25) is 0 Å². The molecule has 0 amide bonds. The van der Waals surface area contributed by atoms with Gasteiger partial charge in [0.2, 0.25) is 0 Å². The van der Waals surface area contributed by atoms with Crippen molar-refractivity contribution in [3.8, 4) is 0 Å². The summed E-state index contributed by atoms with van der Waals surface area (Å²) in [6, 6.07) is 0. The quantitative estimate of drug-likeness (QED) is 0.558. The summed E-state index contributed by atoms with van der Waals surface area (Å²) in [5.41, 5.74) is 0. The third-order valence-corrected chi connectivity index (χ3v) is 0. The third kappa shape index (κ3) is 34.5. The summed E-state index contributed by atoms with van der Waals surface area (Å²) < 4.78 is 0. The monoisotopic (exact) mass is 235 g/mol. The summed E-state index contributed by atoms with van der Waals surface area (Å²) in [4.78, 5) is 0. The first-order valence-electron chi connectivity index (χ1n) is 1.000. The van der Waals surface area contributed by atoms with Crippen molar-refractivity contribution in [1.82, 2.24) is 0 Å².